The van der Waals surface area contributed by atoms with Crippen LogP contribution in [-0.4, -0.2) is 42.4 Å². The van der Waals surface area contributed by atoms with Crippen LogP contribution < -0.4 is 0 Å². The molecule has 2 atom stereocenters. The SMILES string of the molecule is COCn1nc(SCC(C)(C)C)cc1C1CC(C)(S(=O)(=O)c2cccc(C)c2)CCO1. The summed E-state index contributed by atoms with van der Waals surface area (Å²) in [6.07, 6.45) is 0.483. The molecule has 8 heteroatoms. The summed E-state index contributed by atoms with van der Waals surface area (Å²) in [6, 6.07) is 9.17. The van der Waals surface area contributed by atoms with Crippen LogP contribution in [0.5, 0.6) is 0 Å². The van der Waals surface area contributed by atoms with E-state index in [0.717, 1.165) is 22.0 Å². The molecular weight excluding hydrogens is 432 g/mol. The van der Waals surface area contributed by atoms with Crippen LogP contribution in [-0.2, 0) is 26.0 Å². The van der Waals surface area contributed by atoms with Gasteiger partial charge in [0, 0.05) is 19.5 Å². The second kappa shape index (κ2) is 9.25. The van der Waals surface area contributed by atoms with E-state index in [-0.39, 0.29) is 11.5 Å². The normalized spacial score (nSPS) is 22.6. The molecule has 1 aromatic heterocycles. The van der Waals surface area contributed by atoms with E-state index in [9.17, 15) is 8.42 Å². The average molecular weight is 467 g/mol. The highest BCUT2D eigenvalue weighted by atomic mass is 32.2. The second-order valence-corrected chi connectivity index (χ2v) is 13.2. The lowest BCUT2D eigenvalue weighted by molar-refractivity contribution is -0.00919. The lowest BCUT2D eigenvalue weighted by Crippen LogP contribution is -2.42. The van der Waals surface area contributed by atoms with Crippen molar-refractivity contribution < 1.29 is 17.9 Å². The molecule has 0 N–H and O–H groups in total. The third-order valence-electron chi connectivity index (χ3n) is 5.54. The van der Waals surface area contributed by atoms with Gasteiger partial charge in [-0.3, -0.25) is 0 Å². The maximum Gasteiger partial charge on any atom is 0.184 e. The summed E-state index contributed by atoms with van der Waals surface area (Å²) in [6.45, 7) is 11.0. The number of rotatable bonds is 7. The van der Waals surface area contributed by atoms with Crippen LogP contribution in [0.15, 0.2) is 40.3 Å². The molecule has 0 aliphatic carbocycles. The molecule has 6 nitrogen and oxygen atoms in total. The second-order valence-electron chi connectivity index (χ2n) is 9.76. The Morgan fingerprint density at radius 2 is 2.06 bits per heavy atom. The molecule has 2 unspecified atom stereocenters. The van der Waals surface area contributed by atoms with Gasteiger partial charge < -0.3 is 9.47 Å². The Morgan fingerprint density at radius 1 is 1.32 bits per heavy atom. The van der Waals surface area contributed by atoms with Crippen molar-refractivity contribution in [2.45, 2.75) is 75.0 Å². The van der Waals surface area contributed by atoms with Crippen LogP contribution >= 0.6 is 11.8 Å². The highest BCUT2D eigenvalue weighted by Crippen LogP contribution is 2.42. The van der Waals surface area contributed by atoms with Crippen LogP contribution in [0.3, 0.4) is 0 Å². The Bertz CT molecular complexity index is 1010. The predicted octanol–water partition coefficient (Wildman–Crippen LogP) is 5.02. The molecular formula is C23H34N2O4S2. The fourth-order valence-electron chi connectivity index (χ4n) is 3.72. The summed E-state index contributed by atoms with van der Waals surface area (Å²) < 4.78 is 39.4. The third-order valence-corrected chi connectivity index (χ3v) is 9.59. The first-order chi connectivity index (χ1) is 14.4. The van der Waals surface area contributed by atoms with E-state index in [4.69, 9.17) is 9.47 Å². The molecule has 1 aliphatic heterocycles. The first-order valence-electron chi connectivity index (χ1n) is 10.6. The minimum atomic E-state index is -3.52. The first-order valence-corrected chi connectivity index (χ1v) is 13.0. The summed E-state index contributed by atoms with van der Waals surface area (Å²) in [5, 5.41) is 5.59. The zero-order chi connectivity index (χ0) is 22.9. The molecule has 31 heavy (non-hydrogen) atoms. The predicted molar refractivity (Wildman–Crippen MR) is 124 cm³/mol. The van der Waals surface area contributed by atoms with E-state index in [1.165, 1.54) is 0 Å². The molecule has 0 bridgehead atoms. The fraction of sp³-hybridized carbons (Fsp3) is 0.609. The molecule has 1 fully saturated rings. The molecule has 0 amide bonds. The number of sulfone groups is 1. The quantitative estimate of drug-likeness (QED) is 0.534. The minimum absolute atomic E-state index is 0.178. The monoisotopic (exact) mass is 466 g/mol. The van der Waals surface area contributed by atoms with Crippen LogP contribution in [0, 0.1) is 12.3 Å². The smallest absolute Gasteiger partial charge is 0.184 e. The highest BCUT2D eigenvalue weighted by molar-refractivity contribution is 7.99. The van der Waals surface area contributed by atoms with Gasteiger partial charge in [0.15, 0.2) is 9.84 Å². The number of ether oxygens (including phenoxy) is 2. The van der Waals surface area contributed by atoms with Gasteiger partial charge in [-0.1, -0.05) is 32.9 Å². The number of hydrogen-bond donors (Lipinski definition) is 0. The van der Waals surface area contributed by atoms with E-state index >= 15 is 0 Å². The van der Waals surface area contributed by atoms with E-state index in [0.29, 0.717) is 31.1 Å². The van der Waals surface area contributed by atoms with Crippen molar-refractivity contribution in [2.24, 2.45) is 5.41 Å². The Kier molecular flexibility index (Phi) is 7.25. The zero-order valence-corrected chi connectivity index (χ0v) is 21.0. The van der Waals surface area contributed by atoms with Crippen molar-refractivity contribution in [1.82, 2.24) is 9.78 Å². The van der Waals surface area contributed by atoms with Gasteiger partial charge in [0.05, 0.1) is 15.3 Å². The van der Waals surface area contributed by atoms with Crippen LogP contribution in [0.1, 0.15) is 57.9 Å². The van der Waals surface area contributed by atoms with Gasteiger partial charge in [0.1, 0.15) is 17.9 Å². The van der Waals surface area contributed by atoms with Gasteiger partial charge in [-0.2, -0.15) is 5.10 Å². The summed E-state index contributed by atoms with van der Waals surface area (Å²) in [5.74, 6) is 0.932. The van der Waals surface area contributed by atoms with Crippen molar-refractivity contribution in [3.63, 3.8) is 0 Å². The van der Waals surface area contributed by atoms with Crippen molar-refractivity contribution in [2.75, 3.05) is 19.5 Å². The molecule has 0 saturated carbocycles. The topological polar surface area (TPSA) is 70.4 Å². The van der Waals surface area contributed by atoms with E-state index in [2.05, 4.69) is 25.9 Å². The maximum absolute atomic E-state index is 13.6. The van der Waals surface area contributed by atoms with E-state index < -0.39 is 14.6 Å². The summed E-state index contributed by atoms with van der Waals surface area (Å²) in [7, 11) is -1.89. The van der Waals surface area contributed by atoms with Crippen molar-refractivity contribution in [3.05, 3.63) is 41.6 Å². The minimum Gasteiger partial charge on any atom is -0.372 e. The van der Waals surface area contributed by atoms with Crippen molar-refractivity contribution in [1.29, 1.82) is 0 Å². The number of thioether (sulfide) groups is 1. The standard InChI is InChI=1S/C23H34N2O4S2/c1-17-8-7-9-18(12-17)31(26,27)23(5)10-11-29-20(14-23)19-13-21(24-25(19)16-28-6)30-15-22(2,3)4/h7-9,12-13,20H,10-11,14-16H2,1-6H3. The van der Waals surface area contributed by atoms with Crippen molar-refractivity contribution in [3.8, 4) is 0 Å². The number of aryl methyl sites for hydroxylation is 1. The lowest BCUT2D eigenvalue weighted by atomic mass is 9.95. The largest absolute Gasteiger partial charge is 0.372 e. The van der Waals surface area contributed by atoms with Gasteiger partial charge in [0.2, 0.25) is 0 Å². The number of hydrogen-bond acceptors (Lipinski definition) is 6. The third kappa shape index (κ3) is 5.53. The van der Waals surface area contributed by atoms with Gasteiger partial charge in [-0.25, -0.2) is 13.1 Å². The Balaban J connectivity index is 1.89. The van der Waals surface area contributed by atoms with Crippen molar-refractivity contribution >= 4 is 21.6 Å². The summed E-state index contributed by atoms with van der Waals surface area (Å²) in [5.41, 5.74) is 1.98. The van der Waals surface area contributed by atoms with Crippen LogP contribution in [0.25, 0.3) is 0 Å². The molecule has 0 radical (unpaired) electrons. The highest BCUT2D eigenvalue weighted by Gasteiger charge is 2.45. The molecule has 1 saturated heterocycles. The molecule has 1 aliphatic rings. The zero-order valence-electron chi connectivity index (χ0n) is 19.3. The Labute approximate surface area is 190 Å². The Morgan fingerprint density at radius 3 is 2.71 bits per heavy atom. The van der Waals surface area contributed by atoms with Gasteiger partial charge in [0.25, 0.3) is 0 Å². The van der Waals surface area contributed by atoms with Gasteiger partial charge in [-0.15, -0.1) is 11.8 Å². The fourth-order valence-corrected chi connectivity index (χ4v) is 6.56. The first kappa shape index (κ1) is 24.3. The Hall–Kier alpha value is -1.35. The lowest BCUT2D eigenvalue weighted by Gasteiger charge is -2.37. The summed E-state index contributed by atoms with van der Waals surface area (Å²) in [4.78, 5) is 0.377. The number of methoxy groups -OCH3 is 1. The van der Waals surface area contributed by atoms with Crippen LogP contribution in [0.4, 0.5) is 0 Å². The maximum atomic E-state index is 13.6. The number of nitrogens with zero attached hydrogens (tertiary/aromatic N) is 2. The molecule has 2 aromatic rings. The molecule has 0 spiro atoms. The average Bonchev–Trinajstić information content (AvgIpc) is 3.09. The summed E-state index contributed by atoms with van der Waals surface area (Å²) >= 11 is 1.69. The molecule has 2 heterocycles. The molecule has 1 aromatic carbocycles. The van der Waals surface area contributed by atoms with E-state index in [1.807, 2.05) is 26.0 Å². The van der Waals surface area contributed by atoms with E-state index in [1.54, 1.807) is 41.8 Å². The molecule has 3 rings (SSSR count). The van der Waals surface area contributed by atoms with Gasteiger partial charge in [-0.05, 0) is 55.9 Å². The van der Waals surface area contributed by atoms with Crippen LogP contribution in [0.2, 0.25) is 0 Å². The van der Waals surface area contributed by atoms with Gasteiger partial charge >= 0.3 is 0 Å². The number of aromatic nitrogens is 2. The number of benzene rings is 1. The molecule has 172 valence electrons.